The zero-order valence-corrected chi connectivity index (χ0v) is 12.9. The van der Waals surface area contributed by atoms with E-state index in [0.29, 0.717) is 6.04 Å². The summed E-state index contributed by atoms with van der Waals surface area (Å²) in [4.78, 5) is 6.86. The highest BCUT2D eigenvalue weighted by atomic mass is 15.1. The third kappa shape index (κ3) is 5.60. The molecule has 3 heteroatoms. The molecule has 0 aliphatic rings. The molecule has 1 atom stereocenters. The Morgan fingerprint density at radius 1 is 1.21 bits per heavy atom. The third-order valence-electron chi connectivity index (χ3n) is 3.45. The maximum absolute atomic E-state index is 4.58. The Labute approximate surface area is 118 Å². The molecule has 0 spiro atoms. The van der Waals surface area contributed by atoms with Crippen molar-refractivity contribution in [2.75, 3.05) is 25.0 Å². The van der Waals surface area contributed by atoms with Gasteiger partial charge < -0.3 is 10.2 Å². The maximum atomic E-state index is 4.58. The monoisotopic (exact) mass is 263 g/mol. The van der Waals surface area contributed by atoms with Crippen molar-refractivity contribution in [2.45, 2.75) is 52.5 Å². The lowest BCUT2D eigenvalue weighted by atomic mass is 10.2. The Morgan fingerprint density at radius 2 is 2.00 bits per heavy atom. The number of pyridine rings is 1. The van der Waals surface area contributed by atoms with Crippen LogP contribution >= 0.6 is 0 Å². The van der Waals surface area contributed by atoms with Crippen molar-refractivity contribution in [2.24, 2.45) is 0 Å². The van der Waals surface area contributed by atoms with Crippen molar-refractivity contribution in [1.29, 1.82) is 0 Å². The molecular weight excluding hydrogens is 234 g/mol. The van der Waals surface area contributed by atoms with Gasteiger partial charge in [0.2, 0.25) is 0 Å². The fourth-order valence-electron chi connectivity index (χ4n) is 2.07. The predicted molar refractivity (Wildman–Crippen MR) is 83.7 cm³/mol. The average Bonchev–Trinajstić information content (AvgIpc) is 2.45. The molecule has 0 fully saturated rings. The molecule has 0 aliphatic heterocycles. The van der Waals surface area contributed by atoms with Crippen LogP contribution in [0.15, 0.2) is 18.3 Å². The molecule has 1 aromatic rings. The second-order valence-electron chi connectivity index (χ2n) is 5.25. The minimum Gasteiger partial charge on any atom is -0.373 e. The highest BCUT2D eigenvalue weighted by Gasteiger charge is 2.06. The first kappa shape index (κ1) is 16.0. The quantitative estimate of drug-likeness (QED) is 0.687. The van der Waals surface area contributed by atoms with Crippen LogP contribution in [0.1, 0.15) is 58.2 Å². The highest BCUT2D eigenvalue weighted by Crippen LogP contribution is 2.16. The van der Waals surface area contributed by atoms with E-state index in [0.717, 1.165) is 25.2 Å². The largest absolute Gasteiger partial charge is 0.373 e. The lowest BCUT2D eigenvalue weighted by Gasteiger charge is -2.20. The van der Waals surface area contributed by atoms with E-state index in [9.17, 15) is 0 Å². The summed E-state index contributed by atoms with van der Waals surface area (Å²) in [5, 5.41) is 3.46. The van der Waals surface area contributed by atoms with E-state index in [-0.39, 0.29) is 0 Å². The van der Waals surface area contributed by atoms with Crippen LogP contribution in [-0.2, 0) is 0 Å². The van der Waals surface area contributed by atoms with Crippen molar-refractivity contribution < 1.29 is 0 Å². The van der Waals surface area contributed by atoms with Gasteiger partial charge in [-0.1, -0.05) is 26.7 Å². The van der Waals surface area contributed by atoms with Gasteiger partial charge in [0.25, 0.3) is 0 Å². The number of hydrogen-bond donors (Lipinski definition) is 1. The summed E-state index contributed by atoms with van der Waals surface area (Å²) in [6, 6.07) is 4.65. The van der Waals surface area contributed by atoms with Crippen LogP contribution in [0.25, 0.3) is 0 Å². The van der Waals surface area contributed by atoms with Gasteiger partial charge in [0.15, 0.2) is 0 Å². The Balaban J connectivity index is 2.50. The minimum atomic E-state index is 0.333. The third-order valence-corrected chi connectivity index (χ3v) is 3.45. The molecule has 108 valence electrons. The molecular formula is C16H29N3. The average molecular weight is 263 g/mol. The number of unbranched alkanes of at least 4 members (excludes halogenated alkanes) is 2. The van der Waals surface area contributed by atoms with Crippen molar-refractivity contribution in [3.63, 3.8) is 0 Å². The van der Waals surface area contributed by atoms with Crippen LogP contribution in [0.5, 0.6) is 0 Å². The second-order valence-corrected chi connectivity index (χ2v) is 5.25. The Bertz CT molecular complexity index is 334. The first-order valence-corrected chi connectivity index (χ1v) is 7.59. The number of aromatic nitrogens is 1. The molecule has 0 saturated heterocycles. The summed E-state index contributed by atoms with van der Waals surface area (Å²) < 4.78 is 0. The van der Waals surface area contributed by atoms with E-state index in [2.05, 4.69) is 55.2 Å². The molecule has 0 bridgehead atoms. The fourth-order valence-corrected chi connectivity index (χ4v) is 2.07. The smallest absolute Gasteiger partial charge is 0.0572 e. The molecule has 0 aromatic carbocycles. The number of nitrogens with zero attached hydrogens (tertiary/aromatic N) is 2. The Morgan fingerprint density at radius 3 is 2.58 bits per heavy atom. The second kappa shape index (κ2) is 8.92. The summed E-state index contributed by atoms with van der Waals surface area (Å²) in [5.41, 5.74) is 2.33. The summed E-state index contributed by atoms with van der Waals surface area (Å²) in [6.07, 6.45) is 6.97. The standard InChI is InChI=1S/C16H29N3/c1-5-7-8-12-19(4)15-9-10-16(18-13-15)14(3)17-11-6-2/h9-10,13-14,17H,5-8,11-12H2,1-4H3. The van der Waals surface area contributed by atoms with E-state index < -0.39 is 0 Å². The molecule has 0 amide bonds. The van der Waals surface area contributed by atoms with Gasteiger partial charge in [-0.3, -0.25) is 4.98 Å². The lowest BCUT2D eigenvalue weighted by Crippen LogP contribution is -2.21. The molecule has 19 heavy (non-hydrogen) atoms. The predicted octanol–water partition coefficient (Wildman–Crippen LogP) is 3.77. The zero-order valence-electron chi connectivity index (χ0n) is 12.9. The molecule has 3 nitrogen and oxygen atoms in total. The number of anilines is 1. The maximum Gasteiger partial charge on any atom is 0.0572 e. The molecule has 1 aromatic heterocycles. The fraction of sp³-hybridized carbons (Fsp3) is 0.688. The molecule has 1 heterocycles. The van der Waals surface area contributed by atoms with Gasteiger partial charge in [-0.15, -0.1) is 0 Å². The Hall–Kier alpha value is -1.09. The van der Waals surface area contributed by atoms with E-state index in [4.69, 9.17) is 0 Å². The number of rotatable bonds is 9. The molecule has 1 N–H and O–H groups in total. The molecule has 0 radical (unpaired) electrons. The van der Waals surface area contributed by atoms with Crippen molar-refractivity contribution in [3.8, 4) is 0 Å². The molecule has 0 aliphatic carbocycles. The van der Waals surface area contributed by atoms with Gasteiger partial charge in [0.1, 0.15) is 0 Å². The first-order valence-electron chi connectivity index (χ1n) is 7.59. The number of hydrogen-bond acceptors (Lipinski definition) is 3. The van der Waals surface area contributed by atoms with Crippen LogP contribution < -0.4 is 10.2 Å². The Kier molecular flexibility index (Phi) is 7.49. The van der Waals surface area contributed by atoms with E-state index in [1.807, 2.05) is 6.20 Å². The van der Waals surface area contributed by atoms with Crippen LogP contribution in [0.2, 0.25) is 0 Å². The van der Waals surface area contributed by atoms with Gasteiger partial charge in [0, 0.05) is 19.6 Å². The highest BCUT2D eigenvalue weighted by molar-refractivity contribution is 5.43. The summed E-state index contributed by atoms with van der Waals surface area (Å²) in [6.45, 7) is 8.74. The minimum absolute atomic E-state index is 0.333. The van der Waals surface area contributed by atoms with Crippen molar-refractivity contribution in [1.82, 2.24) is 10.3 Å². The van der Waals surface area contributed by atoms with Gasteiger partial charge in [-0.2, -0.15) is 0 Å². The van der Waals surface area contributed by atoms with Gasteiger partial charge in [0.05, 0.1) is 17.6 Å². The normalized spacial score (nSPS) is 12.4. The van der Waals surface area contributed by atoms with Crippen LogP contribution in [0.4, 0.5) is 5.69 Å². The molecule has 1 unspecified atom stereocenters. The van der Waals surface area contributed by atoms with Crippen molar-refractivity contribution >= 4 is 5.69 Å². The summed E-state index contributed by atoms with van der Waals surface area (Å²) in [7, 11) is 2.14. The lowest BCUT2D eigenvalue weighted by molar-refractivity contribution is 0.558. The zero-order chi connectivity index (χ0) is 14.1. The summed E-state index contributed by atoms with van der Waals surface area (Å²) in [5.74, 6) is 0. The van der Waals surface area contributed by atoms with E-state index in [1.165, 1.54) is 24.9 Å². The van der Waals surface area contributed by atoms with Crippen LogP contribution in [-0.4, -0.2) is 25.1 Å². The summed E-state index contributed by atoms with van der Waals surface area (Å²) >= 11 is 0. The van der Waals surface area contributed by atoms with Crippen molar-refractivity contribution in [3.05, 3.63) is 24.0 Å². The van der Waals surface area contributed by atoms with Crippen LogP contribution in [0.3, 0.4) is 0 Å². The van der Waals surface area contributed by atoms with E-state index >= 15 is 0 Å². The molecule has 0 saturated carbocycles. The van der Waals surface area contributed by atoms with Gasteiger partial charge in [-0.05, 0) is 38.4 Å². The topological polar surface area (TPSA) is 28.2 Å². The van der Waals surface area contributed by atoms with Crippen LogP contribution in [0, 0.1) is 0 Å². The first-order chi connectivity index (χ1) is 9.19. The van der Waals surface area contributed by atoms with Gasteiger partial charge in [-0.25, -0.2) is 0 Å². The van der Waals surface area contributed by atoms with Gasteiger partial charge >= 0.3 is 0 Å². The SMILES string of the molecule is CCCCCN(C)c1ccc(C(C)NCCC)nc1. The van der Waals surface area contributed by atoms with E-state index in [1.54, 1.807) is 0 Å². The molecule has 1 rings (SSSR count). The number of nitrogens with one attached hydrogen (secondary N) is 1.